The number of guanidine groups is 1. The van der Waals surface area contributed by atoms with E-state index >= 15 is 0 Å². The van der Waals surface area contributed by atoms with Crippen LogP contribution in [0.25, 0.3) is 0 Å². The Hall–Kier alpha value is -4.01. The van der Waals surface area contributed by atoms with Gasteiger partial charge in [-0.2, -0.15) is 0 Å². The van der Waals surface area contributed by atoms with E-state index < -0.39 is 30.1 Å². The number of carboxylic acids is 2. The minimum Gasteiger partial charge on any atom is -0.480 e. The van der Waals surface area contributed by atoms with Crippen LogP contribution < -0.4 is 36.0 Å². The molecule has 1 aromatic carbocycles. The van der Waals surface area contributed by atoms with Crippen LogP contribution in [0.3, 0.4) is 0 Å². The number of ether oxygens (including phenoxy) is 1. The van der Waals surface area contributed by atoms with Crippen LogP contribution in [0.15, 0.2) is 23.2 Å². The number of nitrogens with one attached hydrogen (secondary N) is 4. The summed E-state index contributed by atoms with van der Waals surface area (Å²) in [5, 5.41) is 29.2. The second-order valence-corrected chi connectivity index (χ2v) is 13.8. The Balaban J connectivity index is 2.13. The summed E-state index contributed by atoms with van der Waals surface area (Å²) in [5.74, 6) is -2.88. The molecule has 1 unspecified atom stereocenters. The molecular formula is C34H54AtN7O9. The number of aliphatic imine (C=N–C) groups is 1. The first-order valence-electron chi connectivity index (χ1n) is 17.4. The Kier molecular flexibility index (Phi) is 23.6. The van der Waals surface area contributed by atoms with E-state index in [1.54, 1.807) is 12.1 Å². The number of hydrogen-bond donors (Lipinski definition) is 8. The molecule has 1 aromatic rings. The van der Waals surface area contributed by atoms with Gasteiger partial charge in [0.25, 0.3) is 0 Å². The van der Waals surface area contributed by atoms with E-state index in [2.05, 4.69) is 26.3 Å². The van der Waals surface area contributed by atoms with Crippen LogP contribution in [0.4, 0.5) is 4.79 Å². The Bertz CT molecular complexity index is 1310. The van der Waals surface area contributed by atoms with Crippen LogP contribution in [0, 0.1) is 24.7 Å². The van der Waals surface area contributed by atoms with E-state index in [1.165, 1.54) is 24.7 Å². The Morgan fingerprint density at radius 1 is 0.765 bits per heavy atom. The van der Waals surface area contributed by atoms with Crippen molar-refractivity contribution in [3.05, 3.63) is 29.3 Å². The van der Waals surface area contributed by atoms with Gasteiger partial charge in [0.1, 0.15) is 6.04 Å². The van der Waals surface area contributed by atoms with Crippen molar-refractivity contribution in [1.82, 2.24) is 21.3 Å². The van der Waals surface area contributed by atoms with Gasteiger partial charge in [-0.25, -0.2) is 9.59 Å². The summed E-state index contributed by atoms with van der Waals surface area (Å²) in [7, 11) is 0. The molecule has 286 valence electrons. The van der Waals surface area contributed by atoms with Crippen LogP contribution in [0.2, 0.25) is 0 Å². The van der Waals surface area contributed by atoms with E-state index in [4.69, 9.17) is 21.3 Å². The molecule has 0 saturated heterocycles. The molecule has 2 atom stereocenters. The first-order chi connectivity index (χ1) is 24.3. The number of carbonyl (C=O) groups excluding carboxylic acids is 4. The number of carboxylic acid groups (broad SMARTS) is 2. The van der Waals surface area contributed by atoms with Gasteiger partial charge in [0.05, 0.1) is 6.61 Å². The van der Waals surface area contributed by atoms with Gasteiger partial charge >= 0.3 is 173 Å². The summed E-state index contributed by atoms with van der Waals surface area (Å²) < 4.78 is 5.96. The maximum atomic E-state index is 12.6. The Morgan fingerprint density at radius 2 is 1.37 bits per heavy atom. The summed E-state index contributed by atoms with van der Waals surface area (Å²) in [5.41, 5.74) is 12.1. The summed E-state index contributed by atoms with van der Waals surface area (Å²) in [6.07, 6.45) is 6.81. The van der Waals surface area contributed by atoms with Crippen molar-refractivity contribution in [1.29, 1.82) is 0 Å². The summed E-state index contributed by atoms with van der Waals surface area (Å²) >= 11 is 1.42. The number of nitrogens with zero attached hydrogens (tertiary/aromatic N) is 1. The van der Waals surface area contributed by atoms with E-state index in [-0.39, 0.29) is 49.7 Å². The molecular weight excluding hydrogens is 861 g/mol. The fourth-order valence-electron chi connectivity index (χ4n) is 4.90. The zero-order valence-electron chi connectivity index (χ0n) is 29.3. The van der Waals surface area contributed by atoms with Crippen LogP contribution in [-0.4, -0.2) is 83.7 Å². The molecule has 0 aliphatic rings. The number of hydrogen-bond acceptors (Lipinski definition) is 8. The molecule has 0 spiro atoms. The monoisotopic (exact) mass is 915 g/mol. The molecule has 16 nitrogen and oxygen atoms in total. The molecule has 0 radical (unpaired) electrons. The fraction of sp³-hybridized carbons (Fsp3) is 0.618. The van der Waals surface area contributed by atoms with E-state index in [9.17, 15) is 33.9 Å². The van der Waals surface area contributed by atoms with Crippen molar-refractivity contribution < 1.29 is 68.4 Å². The normalized spacial score (nSPS) is 11.8. The van der Waals surface area contributed by atoms with Gasteiger partial charge < -0.3 is 20.5 Å². The number of aliphatic carboxylic acids is 2. The minimum absolute atomic E-state index is 0.0307. The molecule has 17 heteroatoms. The fourth-order valence-corrected chi connectivity index (χ4v) is 5.90. The van der Waals surface area contributed by atoms with Crippen molar-refractivity contribution in [3.8, 4) is 0 Å². The van der Waals surface area contributed by atoms with Crippen molar-refractivity contribution in [2.45, 2.75) is 115 Å². The van der Waals surface area contributed by atoms with E-state index in [1.807, 2.05) is 13.0 Å². The average Bonchev–Trinajstić information content (AvgIpc) is 3.07. The molecule has 10 N–H and O–H groups in total. The predicted molar refractivity (Wildman–Crippen MR) is 187 cm³/mol. The maximum absolute atomic E-state index is 12.6. The van der Waals surface area contributed by atoms with Gasteiger partial charge in [-0.05, 0) is 38.5 Å². The van der Waals surface area contributed by atoms with E-state index in [0.717, 1.165) is 28.1 Å². The van der Waals surface area contributed by atoms with Gasteiger partial charge in [0, 0.05) is 19.4 Å². The smallest absolute Gasteiger partial charge is 0.480 e. The number of nitrogens with two attached hydrogens (primary N) is 2. The number of unbranched alkanes of at least 4 members (excludes halogenated alkanes) is 6. The first-order valence-corrected chi connectivity index (χ1v) is 18.9. The Morgan fingerprint density at radius 3 is 2.02 bits per heavy atom. The molecule has 51 heavy (non-hydrogen) atoms. The van der Waals surface area contributed by atoms with Gasteiger partial charge in [0.15, 0.2) is 0 Å². The zero-order valence-corrected chi connectivity index (χ0v) is 32.3. The van der Waals surface area contributed by atoms with Gasteiger partial charge in [0.2, 0.25) is 5.91 Å². The van der Waals surface area contributed by atoms with Crippen LogP contribution in [0.5, 0.6) is 0 Å². The van der Waals surface area contributed by atoms with Crippen molar-refractivity contribution >= 4 is 45.0 Å². The third-order valence-electron chi connectivity index (χ3n) is 7.60. The molecule has 0 aromatic heterocycles. The molecule has 0 saturated carbocycles. The molecule has 0 bridgehead atoms. The summed E-state index contributed by atoms with van der Waals surface area (Å²) in [4.78, 5) is 75.4. The number of rotatable bonds is 27. The first kappa shape index (κ1) is 45.0. The quantitative estimate of drug-likeness (QED) is 0.0358. The summed E-state index contributed by atoms with van der Waals surface area (Å²) in [6, 6.07) is 3.45. The third-order valence-corrected chi connectivity index (χ3v) is 8.45. The second kappa shape index (κ2) is 26.8. The summed E-state index contributed by atoms with van der Waals surface area (Å²) in [6.45, 7) is 3.12. The SMILES string of the molecule is CCC[C@H](NC(=O)OCCCCCNC(=O)CCCCCCC(=O)NC(CCCCNC(=O)c1cc([211At])cc(CN=C(N)N)c1)C(=O)O)C(=O)O. The third kappa shape index (κ3) is 22.4. The zero-order chi connectivity index (χ0) is 38.0. The molecule has 0 aliphatic heterocycles. The van der Waals surface area contributed by atoms with Crippen LogP contribution in [0.1, 0.15) is 113 Å². The standard InChI is InChI=1S/C34H54AtN7O9/c1-2-12-26(31(46)47)42-34(50)51-18-11-5-9-16-38-28(43)14-6-3-4-7-15-29(44)41-27(32(48)49)13-8-10-17-39-30(45)24-19-23(20-25(35)21-24)22-40-33(36)37/h19-21,26-27H,2-18,22H2,1H3,(H,38,43)(H,39,45)(H,41,44)(H,42,50)(H,46,47)(H,48,49)(H4,36,37,40)/t26-,27?/m0/s1/i35+1. The molecule has 4 amide bonds. The van der Waals surface area contributed by atoms with Gasteiger partial charge in [-0.15, -0.1) is 0 Å². The second-order valence-electron chi connectivity index (χ2n) is 12.1. The number of benzene rings is 1. The molecule has 1 rings (SSSR count). The average molecular weight is 916 g/mol. The van der Waals surface area contributed by atoms with Crippen molar-refractivity contribution in [2.24, 2.45) is 16.5 Å². The van der Waals surface area contributed by atoms with Gasteiger partial charge in [-0.1, -0.05) is 26.2 Å². The number of carbonyl (C=O) groups is 6. The predicted octanol–water partition coefficient (Wildman–Crippen LogP) is 1.71. The number of amides is 4. The van der Waals surface area contributed by atoms with Crippen molar-refractivity contribution in [3.63, 3.8) is 0 Å². The van der Waals surface area contributed by atoms with E-state index in [0.29, 0.717) is 76.4 Å². The number of alkyl carbamates (subject to hydrolysis) is 1. The minimum atomic E-state index is -1.11. The molecule has 0 heterocycles. The molecule has 0 fully saturated rings. The van der Waals surface area contributed by atoms with Crippen LogP contribution >= 0.6 is 0 Å². The van der Waals surface area contributed by atoms with Gasteiger partial charge in [-0.3, -0.25) is 9.59 Å². The topological polar surface area (TPSA) is 265 Å². The van der Waals surface area contributed by atoms with Crippen LogP contribution in [-0.2, 0) is 30.5 Å². The molecule has 0 aliphatic carbocycles. The Labute approximate surface area is 314 Å². The van der Waals surface area contributed by atoms with Crippen molar-refractivity contribution in [2.75, 3.05) is 19.7 Å².